The molecule has 7 heteroatoms. The number of hydrogen-bond donors (Lipinski definition) is 3. The van der Waals surface area contributed by atoms with Gasteiger partial charge in [-0.15, -0.1) is 0 Å². The van der Waals surface area contributed by atoms with E-state index >= 15 is 0 Å². The van der Waals surface area contributed by atoms with Crippen LogP contribution >= 0.6 is 11.8 Å². The summed E-state index contributed by atoms with van der Waals surface area (Å²) in [5, 5.41) is 13.0. The average molecular weight is 312 g/mol. The number of aromatic amines is 1. The summed E-state index contributed by atoms with van der Waals surface area (Å²) in [6, 6.07) is 0.535. The topological polar surface area (TPSA) is 79.0 Å². The molecule has 21 heavy (non-hydrogen) atoms. The van der Waals surface area contributed by atoms with Crippen LogP contribution in [-0.2, 0) is 11.3 Å². The Hall–Kier alpha value is -1.21. The number of ether oxygens (including phenoxy) is 1. The van der Waals surface area contributed by atoms with Gasteiger partial charge in [-0.25, -0.2) is 4.79 Å². The van der Waals surface area contributed by atoms with Crippen molar-refractivity contribution in [2.75, 3.05) is 16.8 Å². The highest BCUT2D eigenvalue weighted by Gasteiger charge is 2.19. The van der Waals surface area contributed by atoms with Crippen molar-refractivity contribution in [2.24, 2.45) is 0 Å². The first-order valence-corrected chi connectivity index (χ1v) is 8.43. The standard InChI is InChI=1S/C14H24N4O2S/c1-14(2,3)20-13(19)17-12-10(8-16-18-12)7-15-11-5-4-6-21-9-11/h8,11,15H,4-7,9H2,1-3H3,(H2,16,17,18,19). The second-order valence-corrected chi connectivity index (χ2v) is 7.34. The summed E-state index contributed by atoms with van der Waals surface area (Å²) < 4.78 is 5.24. The van der Waals surface area contributed by atoms with Crippen molar-refractivity contribution in [3.8, 4) is 0 Å². The maximum absolute atomic E-state index is 11.8. The predicted molar refractivity (Wildman–Crippen MR) is 85.6 cm³/mol. The summed E-state index contributed by atoms with van der Waals surface area (Å²) in [4.78, 5) is 11.8. The molecule has 0 bridgehead atoms. The van der Waals surface area contributed by atoms with E-state index < -0.39 is 11.7 Å². The van der Waals surface area contributed by atoms with Crippen LogP contribution in [0.3, 0.4) is 0 Å². The van der Waals surface area contributed by atoms with E-state index in [2.05, 4.69) is 20.8 Å². The largest absolute Gasteiger partial charge is 0.444 e. The molecule has 2 rings (SSSR count). The molecule has 0 aromatic carbocycles. The van der Waals surface area contributed by atoms with Gasteiger partial charge in [0.05, 0.1) is 6.20 Å². The number of anilines is 1. The quantitative estimate of drug-likeness (QED) is 0.796. The summed E-state index contributed by atoms with van der Waals surface area (Å²) in [6.07, 6.45) is 3.73. The van der Waals surface area contributed by atoms with Crippen molar-refractivity contribution in [1.82, 2.24) is 15.5 Å². The van der Waals surface area contributed by atoms with Crippen LogP contribution in [0.2, 0.25) is 0 Å². The second-order valence-electron chi connectivity index (χ2n) is 6.19. The molecule has 1 unspecified atom stereocenters. The van der Waals surface area contributed by atoms with E-state index in [4.69, 9.17) is 4.74 Å². The third kappa shape index (κ3) is 5.59. The molecule has 1 amide bonds. The van der Waals surface area contributed by atoms with Gasteiger partial charge in [-0.2, -0.15) is 16.9 Å². The van der Waals surface area contributed by atoms with Gasteiger partial charge in [0.15, 0.2) is 0 Å². The number of carbonyl (C=O) groups is 1. The predicted octanol–water partition coefficient (Wildman–Crippen LogP) is 2.74. The Balaban J connectivity index is 1.84. The molecule has 118 valence electrons. The number of hydrogen-bond acceptors (Lipinski definition) is 5. The molecule has 0 aliphatic carbocycles. The molecule has 1 aromatic rings. The van der Waals surface area contributed by atoms with Crippen LogP contribution in [0.5, 0.6) is 0 Å². The molecule has 0 radical (unpaired) electrons. The summed E-state index contributed by atoms with van der Waals surface area (Å²) >= 11 is 1.99. The molecule has 6 nitrogen and oxygen atoms in total. The molecule has 1 saturated heterocycles. The molecule has 3 N–H and O–H groups in total. The normalized spacial score (nSPS) is 19.3. The zero-order chi connectivity index (χ0) is 15.3. The van der Waals surface area contributed by atoms with E-state index in [1.165, 1.54) is 18.6 Å². The SMILES string of the molecule is CC(C)(C)OC(=O)Nc1[nH]ncc1CNC1CCCSC1. The molecule has 1 aliphatic rings. The van der Waals surface area contributed by atoms with Crippen LogP contribution in [0.15, 0.2) is 6.20 Å². The Morgan fingerprint density at radius 3 is 3.05 bits per heavy atom. The first kappa shape index (κ1) is 16.2. The van der Waals surface area contributed by atoms with Gasteiger partial charge in [0.2, 0.25) is 0 Å². The lowest BCUT2D eigenvalue weighted by Crippen LogP contribution is -2.33. The molecular weight excluding hydrogens is 288 g/mol. The molecule has 1 fully saturated rings. The van der Waals surface area contributed by atoms with Crippen LogP contribution < -0.4 is 10.6 Å². The lowest BCUT2D eigenvalue weighted by atomic mass is 10.2. The Labute approximate surface area is 129 Å². The van der Waals surface area contributed by atoms with Gasteiger partial charge in [0, 0.05) is 23.9 Å². The zero-order valence-electron chi connectivity index (χ0n) is 12.9. The fourth-order valence-electron chi connectivity index (χ4n) is 2.12. The highest BCUT2D eigenvalue weighted by molar-refractivity contribution is 7.99. The summed E-state index contributed by atoms with van der Waals surface area (Å²) in [6.45, 7) is 6.20. The number of amides is 1. The highest BCUT2D eigenvalue weighted by atomic mass is 32.2. The van der Waals surface area contributed by atoms with Gasteiger partial charge in [-0.3, -0.25) is 10.4 Å². The van der Waals surface area contributed by atoms with Crippen LogP contribution in [-0.4, -0.2) is 39.4 Å². The first-order valence-electron chi connectivity index (χ1n) is 7.27. The minimum absolute atomic E-state index is 0.471. The minimum Gasteiger partial charge on any atom is -0.444 e. The second kappa shape index (κ2) is 7.17. The molecule has 1 atom stereocenters. The Bertz CT molecular complexity index is 464. The number of aromatic nitrogens is 2. The first-order chi connectivity index (χ1) is 9.94. The van der Waals surface area contributed by atoms with Gasteiger partial charge in [-0.05, 0) is 39.4 Å². The maximum atomic E-state index is 11.8. The maximum Gasteiger partial charge on any atom is 0.413 e. The number of rotatable bonds is 4. The van der Waals surface area contributed by atoms with Gasteiger partial charge in [-0.1, -0.05) is 0 Å². The third-order valence-electron chi connectivity index (χ3n) is 3.09. The van der Waals surface area contributed by atoms with E-state index in [0.717, 1.165) is 11.3 Å². The van der Waals surface area contributed by atoms with Crippen molar-refractivity contribution in [2.45, 2.75) is 51.8 Å². The Kier molecular flexibility index (Phi) is 5.52. The fourth-order valence-corrected chi connectivity index (χ4v) is 3.22. The molecule has 0 saturated carbocycles. The van der Waals surface area contributed by atoms with Crippen LogP contribution in [0, 0.1) is 0 Å². The smallest absolute Gasteiger partial charge is 0.413 e. The lowest BCUT2D eigenvalue weighted by Gasteiger charge is -2.22. The number of carbonyl (C=O) groups excluding carboxylic acids is 1. The Morgan fingerprint density at radius 2 is 2.38 bits per heavy atom. The van der Waals surface area contributed by atoms with Crippen molar-refractivity contribution in [3.05, 3.63) is 11.8 Å². The summed E-state index contributed by atoms with van der Waals surface area (Å²) in [5.74, 6) is 3.00. The minimum atomic E-state index is -0.512. The number of thioether (sulfide) groups is 1. The van der Waals surface area contributed by atoms with Gasteiger partial charge in [0.1, 0.15) is 11.4 Å². The van der Waals surface area contributed by atoms with E-state index in [0.29, 0.717) is 18.4 Å². The number of H-pyrrole nitrogens is 1. The molecule has 1 aromatic heterocycles. The van der Waals surface area contributed by atoms with E-state index in [1.807, 2.05) is 32.5 Å². The number of nitrogens with one attached hydrogen (secondary N) is 3. The van der Waals surface area contributed by atoms with E-state index in [1.54, 1.807) is 6.20 Å². The van der Waals surface area contributed by atoms with Crippen LogP contribution in [0.1, 0.15) is 39.2 Å². The van der Waals surface area contributed by atoms with Crippen molar-refractivity contribution in [1.29, 1.82) is 0 Å². The lowest BCUT2D eigenvalue weighted by molar-refractivity contribution is 0.0635. The Morgan fingerprint density at radius 1 is 1.57 bits per heavy atom. The van der Waals surface area contributed by atoms with Gasteiger partial charge < -0.3 is 10.1 Å². The molecule has 0 spiro atoms. The van der Waals surface area contributed by atoms with Crippen LogP contribution in [0.4, 0.5) is 10.6 Å². The van der Waals surface area contributed by atoms with Crippen molar-refractivity contribution < 1.29 is 9.53 Å². The van der Waals surface area contributed by atoms with Gasteiger partial charge in [0.25, 0.3) is 0 Å². The van der Waals surface area contributed by atoms with Gasteiger partial charge >= 0.3 is 6.09 Å². The third-order valence-corrected chi connectivity index (χ3v) is 4.30. The molecular formula is C14H24N4O2S. The molecule has 2 heterocycles. The fraction of sp³-hybridized carbons (Fsp3) is 0.714. The van der Waals surface area contributed by atoms with E-state index in [9.17, 15) is 4.79 Å². The van der Waals surface area contributed by atoms with Crippen LogP contribution in [0.25, 0.3) is 0 Å². The van der Waals surface area contributed by atoms with E-state index in [-0.39, 0.29) is 0 Å². The average Bonchev–Trinajstić information content (AvgIpc) is 2.82. The highest BCUT2D eigenvalue weighted by Crippen LogP contribution is 2.18. The van der Waals surface area contributed by atoms with Crippen molar-refractivity contribution >= 4 is 23.7 Å². The summed E-state index contributed by atoms with van der Waals surface area (Å²) in [5.41, 5.74) is 0.429. The zero-order valence-corrected chi connectivity index (χ0v) is 13.7. The number of nitrogens with zero attached hydrogens (tertiary/aromatic N) is 1. The molecule has 1 aliphatic heterocycles. The monoisotopic (exact) mass is 312 g/mol. The van der Waals surface area contributed by atoms with Crippen molar-refractivity contribution in [3.63, 3.8) is 0 Å². The summed E-state index contributed by atoms with van der Waals surface area (Å²) in [7, 11) is 0.